The molecule has 3 aromatic rings. The van der Waals surface area contributed by atoms with Gasteiger partial charge in [0, 0.05) is 29.9 Å². The van der Waals surface area contributed by atoms with E-state index in [2.05, 4.69) is 32.1 Å². The maximum Gasteiger partial charge on any atom is 0.166 e. The fourth-order valence-electron chi connectivity index (χ4n) is 3.87. The monoisotopic (exact) mass is 416 g/mol. The van der Waals surface area contributed by atoms with Crippen LogP contribution in [0.4, 0.5) is 11.5 Å². The number of aryl methyl sites for hydroxylation is 2. The van der Waals surface area contributed by atoms with E-state index in [1.165, 1.54) is 0 Å². The zero-order valence-corrected chi connectivity index (χ0v) is 17.2. The molecule has 0 amide bonds. The van der Waals surface area contributed by atoms with Crippen molar-refractivity contribution in [2.24, 2.45) is 17.5 Å². The Balaban J connectivity index is 1.76. The average Bonchev–Trinajstić information content (AvgIpc) is 3.32. The molecule has 0 saturated carbocycles. The number of benzene rings is 1. The normalized spacial score (nSPS) is 17.4. The zero-order chi connectivity index (χ0) is 21.7. The van der Waals surface area contributed by atoms with Gasteiger partial charge in [0.15, 0.2) is 11.6 Å². The van der Waals surface area contributed by atoms with E-state index in [9.17, 15) is 5.26 Å². The summed E-state index contributed by atoms with van der Waals surface area (Å²) < 4.78 is 7.80. The predicted molar refractivity (Wildman–Crippen MR) is 112 cm³/mol. The Bertz CT molecular complexity index is 1260. The van der Waals surface area contributed by atoms with Crippen molar-refractivity contribution in [1.29, 1.82) is 5.26 Å². The molecular formula is C20H20N10O. The highest BCUT2D eigenvalue weighted by molar-refractivity contribution is 5.74. The van der Waals surface area contributed by atoms with Gasteiger partial charge in [0.2, 0.25) is 0 Å². The summed E-state index contributed by atoms with van der Waals surface area (Å²) in [6.07, 6.45) is 1.28. The molecule has 156 valence electrons. The summed E-state index contributed by atoms with van der Waals surface area (Å²) >= 11 is 0. The van der Waals surface area contributed by atoms with Gasteiger partial charge < -0.3 is 10.5 Å². The van der Waals surface area contributed by atoms with Gasteiger partial charge in [-0.2, -0.15) is 21.0 Å². The molecule has 5 rings (SSSR count). The molecule has 4 heterocycles. The van der Waals surface area contributed by atoms with Crippen LogP contribution < -0.4 is 21.1 Å². The Labute approximate surface area is 178 Å². The lowest BCUT2D eigenvalue weighted by Gasteiger charge is -2.28. The Hall–Kier alpha value is -4.17. The highest BCUT2D eigenvalue weighted by Gasteiger charge is 2.30. The third-order valence-electron chi connectivity index (χ3n) is 5.35. The lowest BCUT2D eigenvalue weighted by molar-refractivity contribution is 0.195. The van der Waals surface area contributed by atoms with E-state index in [0.717, 1.165) is 16.8 Å². The zero-order valence-electron chi connectivity index (χ0n) is 17.2. The molecule has 31 heavy (non-hydrogen) atoms. The van der Waals surface area contributed by atoms with Gasteiger partial charge in [-0.25, -0.2) is 4.98 Å². The van der Waals surface area contributed by atoms with E-state index >= 15 is 0 Å². The molecule has 1 aromatic carbocycles. The summed E-state index contributed by atoms with van der Waals surface area (Å²) in [4.78, 5) is 4.32. The van der Waals surface area contributed by atoms with Crippen LogP contribution in [-0.4, -0.2) is 19.9 Å². The van der Waals surface area contributed by atoms with Crippen molar-refractivity contribution >= 4 is 11.5 Å². The molecule has 3 N–H and O–H groups in total. The third-order valence-corrected chi connectivity index (χ3v) is 5.35. The van der Waals surface area contributed by atoms with Crippen molar-refractivity contribution in [3.8, 4) is 22.9 Å². The van der Waals surface area contributed by atoms with Gasteiger partial charge in [-0.15, -0.1) is 0 Å². The van der Waals surface area contributed by atoms with E-state index < -0.39 is 0 Å². The average molecular weight is 416 g/mol. The van der Waals surface area contributed by atoms with Crippen LogP contribution in [0.25, 0.3) is 11.1 Å². The minimum atomic E-state index is -0.352. The fourth-order valence-corrected chi connectivity index (χ4v) is 3.87. The van der Waals surface area contributed by atoms with Crippen LogP contribution in [0.3, 0.4) is 0 Å². The van der Waals surface area contributed by atoms with Crippen LogP contribution >= 0.6 is 0 Å². The largest absolute Gasteiger partial charge is 0.482 e. The van der Waals surface area contributed by atoms with Crippen LogP contribution in [0, 0.1) is 18.3 Å². The summed E-state index contributed by atoms with van der Waals surface area (Å²) in [6, 6.07) is 10.0. The minimum absolute atomic E-state index is 0.273. The van der Waals surface area contributed by atoms with Gasteiger partial charge in [-0.05, 0) is 36.4 Å². The smallest absolute Gasteiger partial charge is 0.166 e. The van der Waals surface area contributed by atoms with Crippen molar-refractivity contribution in [3.05, 3.63) is 53.0 Å². The lowest BCUT2D eigenvalue weighted by Crippen LogP contribution is -2.41. The maximum atomic E-state index is 9.76. The Morgan fingerprint density at radius 1 is 1.32 bits per heavy atom. The van der Waals surface area contributed by atoms with Crippen molar-refractivity contribution in [1.82, 2.24) is 25.4 Å². The number of rotatable bonds is 0. The second-order valence-corrected chi connectivity index (χ2v) is 7.47. The van der Waals surface area contributed by atoms with E-state index in [-0.39, 0.29) is 11.9 Å². The molecule has 2 bridgehead atoms. The molecule has 0 saturated heterocycles. The molecule has 0 aliphatic carbocycles. The number of anilines is 2. The van der Waals surface area contributed by atoms with E-state index in [0.29, 0.717) is 34.8 Å². The number of nitrogens with one attached hydrogen (secondary N) is 1. The topological polar surface area (TPSA) is 133 Å². The number of fused-ring (bicyclic) bond motifs is 7. The molecule has 11 heteroatoms. The number of nitrogens with zero attached hydrogens (tertiary/aromatic N) is 8. The predicted octanol–water partition coefficient (Wildman–Crippen LogP) is 2.72. The number of hydrogen-bond donors (Lipinski definition) is 2. The highest BCUT2D eigenvalue weighted by Crippen LogP contribution is 2.38. The highest BCUT2D eigenvalue weighted by atomic mass is 16.5. The number of ether oxygens (including phenoxy) is 1. The second kappa shape index (κ2) is 6.96. The first kappa shape index (κ1) is 18.8. The molecule has 2 aliphatic heterocycles. The Morgan fingerprint density at radius 3 is 2.97 bits per heavy atom. The number of pyridine rings is 1. The summed E-state index contributed by atoms with van der Waals surface area (Å²) in [6.45, 7) is 4.27. The Kier molecular flexibility index (Phi) is 4.23. The number of nitrogens with two attached hydrogens (primary N) is 1. The molecule has 0 radical (unpaired) electrons. The van der Waals surface area contributed by atoms with Crippen LogP contribution in [0.1, 0.15) is 35.5 Å². The molecule has 2 aromatic heterocycles. The number of hydrogen-bond acceptors (Lipinski definition) is 10. The first-order valence-corrected chi connectivity index (χ1v) is 9.69. The molecule has 1 atom stereocenters. The van der Waals surface area contributed by atoms with Gasteiger partial charge in [0.1, 0.15) is 17.9 Å². The third kappa shape index (κ3) is 3.01. The van der Waals surface area contributed by atoms with Gasteiger partial charge in [-0.1, -0.05) is 22.8 Å². The summed E-state index contributed by atoms with van der Waals surface area (Å²) in [5.74, 6) is 0.713. The van der Waals surface area contributed by atoms with E-state index in [4.69, 9.17) is 10.5 Å². The molecule has 0 unspecified atom stereocenters. The molecule has 11 nitrogen and oxygen atoms in total. The quantitative estimate of drug-likeness (QED) is 0.571. The van der Waals surface area contributed by atoms with Gasteiger partial charge in [-0.3, -0.25) is 4.68 Å². The Morgan fingerprint density at radius 2 is 2.16 bits per heavy atom. The van der Waals surface area contributed by atoms with Gasteiger partial charge in [0.05, 0.1) is 17.9 Å². The fraction of sp³-hybridized carbons (Fsp3) is 0.250. The van der Waals surface area contributed by atoms with Crippen LogP contribution in [0.2, 0.25) is 0 Å². The first-order chi connectivity index (χ1) is 15.0. The summed E-state index contributed by atoms with van der Waals surface area (Å²) in [5.41, 5.74) is 14.2. The van der Waals surface area contributed by atoms with E-state index in [1.54, 1.807) is 34.2 Å². The molecular weight excluding hydrogens is 396 g/mol. The van der Waals surface area contributed by atoms with Gasteiger partial charge >= 0.3 is 0 Å². The second-order valence-electron chi connectivity index (χ2n) is 7.47. The van der Waals surface area contributed by atoms with Crippen molar-refractivity contribution in [2.75, 3.05) is 10.9 Å². The summed E-state index contributed by atoms with van der Waals surface area (Å²) in [5, 5.41) is 25.9. The van der Waals surface area contributed by atoms with Crippen LogP contribution in [0.5, 0.6) is 5.75 Å². The number of hydrazine groups is 2. The maximum absolute atomic E-state index is 9.76. The SMILES string of the molecule is Cc1ccc2c(c1)[C@@H](C)Oc1cc(cnc1N)-c1c(nn(C)c1C#N)CN1NN=NN21. The molecule has 2 aliphatic rings. The number of nitriles is 1. The van der Waals surface area contributed by atoms with E-state index in [1.807, 2.05) is 32.0 Å². The van der Waals surface area contributed by atoms with Crippen molar-refractivity contribution < 1.29 is 4.74 Å². The first-order valence-electron chi connectivity index (χ1n) is 9.69. The van der Waals surface area contributed by atoms with Crippen LogP contribution in [-0.2, 0) is 13.6 Å². The summed E-state index contributed by atoms with van der Waals surface area (Å²) in [7, 11) is 1.73. The molecule has 0 spiro atoms. The van der Waals surface area contributed by atoms with Crippen molar-refractivity contribution in [2.45, 2.75) is 26.5 Å². The standard InChI is InChI=1S/C20H20N10O/c1-11-4-5-16-14(6-11)12(2)31-18-7-13(9-23-20(18)22)19-15(24-28(3)17(19)8-21)10-29-26-25-27-30(16)29/h4-7,9,12H,10H2,1-3H3,(H2,22,23)(H,26,27)/t12-/m1/s1. The lowest BCUT2D eigenvalue weighted by atomic mass is 10.0. The van der Waals surface area contributed by atoms with Crippen LogP contribution in [0.15, 0.2) is 40.9 Å². The number of aromatic nitrogens is 3. The van der Waals surface area contributed by atoms with Gasteiger partial charge in [0.25, 0.3) is 0 Å². The number of nitrogen functional groups attached to an aromatic ring is 1. The minimum Gasteiger partial charge on any atom is -0.482 e. The molecule has 0 fully saturated rings. The van der Waals surface area contributed by atoms with Crippen molar-refractivity contribution in [3.63, 3.8) is 0 Å².